The molecule has 1 rings (SSSR count). The fourth-order valence-electron chi connectivity index (χ4n) is 2.13. The Kier molecular flexibility index (Phi) is 3.42. The fraction of sp³-hybridized carbons (Fsp3) is 1.00. The van der Waals surface area contributed by atoms with Crippen LogP contribution in [0, 0.1) is 0 Å². The summed E-state index contributed by atoms with van der Waals surface area (Å²) in [6.45, 7) is 2.34. The number of hydrogen-bond acceptors (Lipinski definition) is 1. The van der Waals surface area contributed by atoms with Gasteiger partial charge in [0.15, 0.2) is 0 Å². The summed E-state index contributed by atoms with van der Waals surface area (Å²) in [7, 11) is 1.66. The third-order valence-electron chi connectivity index (χ3n) is 2.78. The van der Waals surface area contributed by atoms with E-state index in [1.807, 2.05) is 0 Å². The Morgan fingerprint density at radius 2 is 2.00 bits per heavy atom. The van der Waals surface area contributed by atoms with Gasteiger partial charge >= 0.3 is 0 Å². The molecule has 1 aliphatic carbocycles. The normalized spacial score (nSPS) is 23.4. The average molecular weight is 157 g/mol. The standard InChI is InChI=1S/C8H19NSi/c1-3-10(9-2)8-6-4-5-7-8/h8-10H,3-7H2,1-2H3. The lowest BCUT2D eigenvalue weighted by Gasteiger charge is -2.18. The zero-order valence-corrected chi connectivity index (χ0v) is 8.34. The van der Waals surface area contributed by atoms with Gasteiger partial charge < -0.3 is 4.98 Å². The predicted octanol–water partition coefficient (Wildman–Crippen LogP) is 1.89. The molecule has 1 nitrogen and oxygen atoms in total. The highest BCUT2D eigenvalue weighted by Gasteiger charge is 2.23. The minimum atomic E-state index is -0.495. The van der Waals surface area contributed by atoms with Crippen LogP contribution < -0.4 is 4.98 Å². The molecule has 1 N–H and O–H groups in total. The molecule has 0 saturated heterocycles. The van der Waals surface area contributed by atoms with Gasteiger partial charge in [0, 0.05) is 0 Å². The molecule has 1 unspecified atom stereocenters. The summed E-state index contributed by atoms with van der Waals surface area (Å²) < 4.78 is 0. The van der Waals surface area contributed by atoms with Crippen LogP contribution in [-0.2, 0) is 0 Å². The molecule has 2 heteroatoms. The zero-order chi connectivity index (χ0) is 7.40. The lowest BCUT2D eigenvalue weighted by atomic mass is 10.4. The first-order valence-electron chi connectivity index (χ1n) is 4.55. The minimum absolute atomic E-state index is 0.495. The lowest BCUT2D eigenvalue weighted by Crippen LogP contribution is -2.33. The van der Waals surface area contributed by atoms with Gasteiger partial charge in [-0.05, 0) is 18.6 Å². The molecule has 0 aliphatic heterocycles. The molecule has 1 aliphatic rings. The van der Waals surface area contributed by atoms with Gasteiger partial charge in [-0.1, -0.05) is 32.6 Å². The van der Waals surface area contributed by atoms with Crippen LogP contribution in [0.5, 0.6) is 0 Å². The van der Waals surface area contributed by atoms with Crippen LogP contribution in [0.25, 0.3) is 0 Å². The van der Waals surface area contributed by atoms with Gasteiger partial charge in [-0.15, -0.1) is 0 Å². The van der Waals surface area contributed by atoms with Crippen LogP contribution in [-0.4, -0.2) is 16.0 Å². The molecule has 0 radical (unpaired) electrons. The molecule has 0 spiro atoms. The van der Waals surface area contributed by atoms with Gasteiger partial charge in [0.2, 0.25) is 0 Å². The van der Waals surface area contributed by atoms with Crippen LogP contribution in [0.2, 0.25) is 11.6 Å². The molecule has 10 heavy (non-hydrogen) atoms. The topological polar surface area (TPSA) is 12.0 Å². The molecule has 0 aromatic carbocycles. The maximum absolute atomic E-state index is 3.53. The zero-order valence-electron chi connectivity index (χ0n) is 7.19. The molecular weight excluding hydrogens is 138 g/mol. The molecule has 0 aromatic heterocycles. The van der Waals surface area contributed by atoms with E-state index in [1.54, 1.807) is 0 Å². The Morgan fingerprint density at radius 3 is 2.40 bits per heavy atom. The van der Waals surface area contributed by atoms with Crippen molar-refractivity contribution < 1.29 is 0 Å². The van der Waals surface area contributed by atoms with Crippen molar-refractivity contribution in [1.82, 2.24) is 4.98 Å². The molecular formula is C8H19NSi. The van der Waals surface area contributed by atoms with Crippen molar-refractivity contribution in [3.63, 3.8) is 0 Å². The van der Waals surface area contributed by atoms with Crippen LogP contribution >= 0.6 is 0 Å². The highest BCUT2D eigenvalue weighted by molar-refractivity contribution is 6.57. The summed E-state index contributed by atoms with van der Waals surface area (Å²) >= 11 is 0. The van der Waals surface area contributed by atoms with Crippen molar-refractivity contribution in [2.75, 3.05) is 7.05 Å². The fourth-order valence-corrected chi connectivity index (χ4v) is 4.96. The number of rotatable bonds is 3. The van der Waals surface area contributed by atoms with Crippen molar-refractivity contribution >= 4 is 8.96 Å². The second kappa shape index (κ2) is 4.14. The summed E-state index contributed by atoms with van der Waals surface area (Å²) in [5.74, 6) is 0. The smallest absolute Gasteiger partial charge is 0.111 e. The third-order valence-corrected chi connectivity index (χ3v) is 6.21. The molecule has 1 atom stereocenters. The van der Waals surface area contributed by atoms with Crippen molar-refractivity contribution in [2.45, 2.75) is 44.2 Å². The van der Waals surface area contributed by atoms with Crippen molar-refractivity contribution in [1.29, 1.82) is 0 Å². The minimum Gasteiger partial charge on any atom is -0.342 e. The SMILES string of the molecule is CC[SiH](NC)C1CCCC1. The Balaban J connectivity index is 2.29. The van der Waals surface area contributed by atoms with Gasteiger partial charge in [0.05, 0.1) is 0 Å². The van der Waals surface area contributed by atoms with Gasteiger partial charge in [-0.3, -0.25) is 0 Å². The first kappa shape index (κ1) is 8.28. The van der Waals surface area contributed by atoms with E-state index in [0.717, 1.165) is 5.54 Å². The Hall–Kier alpha value is 0.177. The Morgan fingerprint density at radius 1 is 1.40 bits per heavy atom. The summed E-state index contributed by atoms with van der Waals surface area (Å²) in [4.78, 5) is 3.53. The van der Waals surface area contributed by atoms with Crippen LogP contribution in [0.3, 0.4) is 0 Å². The lowest BCUT2D eigenvalue weighted by molar-refractivity contribution is 0.824. The van der Waals surface area contributed by atoms with E-state index in [1.165, 1.54) is 31.7 Å². The second-order valence-corrected chi connectivity index (χ2v) is 6.90. The Labute approximate surface area is 65.9 Å². The summed E-state index contributed by atoms with van der Waals surface area (Å²) in [5.41, 5.74) is 1.12. The van der Waals surface area contributed by atoms with Crippen molar-refractivity contribution in [2.24, 2.45) is 0 Å². The molecule has 60 valence electrons. The van der Waals surface area contributed by atoms with Gasteiger partial charge in [0.25, 0.3) is 0 Å². The van der Waals surface area contributed by atoms with Gasteiger partial charge in [0.1, 0.15) is 8.96 Å². The van der Waals surface area contributed by atoms with E-state index >= 15 is 0 Å². The van der Waals surface area contributed by atoms with Crippen molar-refractivity contribution in [3.05, 3.63) is 0 Å². The maximum Gasteiger partial charge on any atom is 0.111 e. The number of hydrogen-bond donors (Lipinski definition) is 1. The van der Waals surface area contributed by atoms with Gasteiger partial charge in [-0.25, -0.2) is 0 Å². The first-order chi connectivity index (χ1) is 4.88. The summed E-state index contributed by atoms with van der Waals surface area (Å²) in [6.07, 6.45) is 6.03. The van der Waals surface area contributed by atoms with E-state index in [9.17, 15) is 0 Å². The largest absolute Gasteiger partial charge is 0.342 e. The van der Waals surface area contributed by atoms with Crippen molar-refractivity contribution in [3.8, 4) is 0 Å². The molecule has 0 bridgehead atoms. The van der Waals surface area contributed by atoms with Gasteiger partial charge in [-0.2, -0.15) is 0 Å². The summed E-state index contributed by atoms with van der Waals surface area (Å²) in [5, 5.41) is 0. The number of nitrogens with one attached hydrogen (secondary N) is 1. The quantitative estimate of drug-likeness (QED) is 0.617. The average Bonchev–Trinajstić information content (AvgIpc) is 2.43. The molecule has 0 aromatic rings. The van der Waals surface area contributed by atoms with E-state index in [2.05, 4.69) is 19.0 Å². The predicted molar refractivity (Wildman–Crippen MR) is 48.9 cm³/mol. The monoisotopic (exact) mass is 157 g/mol. The van der Waals surface area contributed by atoms with E-state index in [-0.39, 0.29) is 0 Å². The third kappa shape index (κ3) is 1.83. The summed E-state index contributed by atoms with van der Waals surface area (Å²) in [6, 6.07) is 1.43. The van der Waals surface area contributed by atoms with E-state index < -0.39 is 8.96 Å². The molecule has 0 amide bonds. The maximum atomic E-state index is 3.53. The van der Waals surface area contributed by atoms with E-state index in [4.69, 9.17) is 0 Å². The highest BCUT2D eigenvalue weighted by Crippen LogP contribution is 2.32. The van der Waals surface area contributed by atoms with Crippen LogP contribution in [0.15, 0.2) is 0 Å². The molecule has 1 saturated carbocycles. The second-order valence-electron chi connectivity index (χ2n) is 3.35. The first-order valence-corrected chi connectivity index (χ1v) is 6.61. The van der Waals surface area contributed by atoms with Crippen LogP contribution in [0.4, 0.5) is 0 Å². The van der Waals surface area contributed by atoms with E-state index in [0.29, 0.717) is 0 Å². The molecule has 0 heterocycles. The molecule has 1 fully saturated rings. The van der Waals surface area contributed by atoms with Crippen LogP contribution in [0.1, 0.15) is 32.6 Å². The Bertz CT molecular complexity index is 85.3. The highest BCUT2D eigenvalue weighted by atomic mass is 28.3.